The number of thioether (sulfide) groups is 1. The van der Waals surface area contributed by atoms with Crippen LogP contribution in [-0.4, -0.2) is 41.1 Å². The molecule has 0 aliphatic carbocycles. The Morgan fingerprint density at radius 3 is 2.58 bits per heavy atom. The van der Waals surface area contributed by atoms with Crippen LogP contribution in [0.25, 0.3) is 0 Å². The van der Waals surface area contributed by atoms with Crippen molar-refractivity contribution < 1.29 is 4.79 Å². The second kappa shape index (κ2) is 8.15. The first kappa shape index (κ1) is 16.8. The molecule has 1 aliphatic heterocycles. The number of rotatable bonds is 8. The fraction of sp³-hybridized carbons (Fsp3) is 0.933. The maximum absolute atomic E-state index is 12.5. The second-order valence-electron chi connectivity index (χ2n) is 5.70. The van der Waals surface area contributed by atoms with E-state index < -0.39 is 0 Å². The summed E-state index contributed by atoms with van der Waals surface area (Å²) in [5.74, 6) is 0.746. The van der Waals surface area contributed by atoms with Crippen LogP contribution in [0.15, 0.2) is 0 Å². The molecule has 1 rings (SSSR count). The SMILES string of the molecule is CCCC1NC(C(C)CC)C(=O)N1CCC(C)SC. The predicted octanol–water partition coefficient (Wildman–Crippen LogP) is 3.10. The van der Waals surface area contributed by atoms with Crippen molar-refractivity contribution >= 4 is 17.7 Å². The summed E-state index contributed by atoms with van der Waals surface area (Å²) in [6.45, 7) is 9.65. The fourth-order valence-corrected chi connectivity index (χ4v) is 2.90. The van der Waals surface area contributed by atoms with Crippen molar-refractivity contribution in [3.05, 3.63) is 0 Å². The third-order valence-corrected chi connectivity index (χ3v) is 5.29. The molecule has 0 aromatic heterocycles. The van der Waals surface area contributed by atoms with Gasteiger partial charge in [0.1, 0.15) is 0 Å². The van der Waals surface area contributed by atoms with Gasteiger partial charge in [-0.2, -0.15) is 11.8 Å². The highest BCUT2D eigenvalue weighted by Crippen LogP contribution is 2.23. The molecule has 1 saturated heterocycles. The highest BCUT2D eigenvalue weighted by atomic mass is 32.2. The van der Waals surface area contributed by atoms with Crippen molar-refractivity contribution in [1.29, 1.82) is 0 Å². The topological polar surface area (TPSA) is 32.3 Å². The van der Waals surface area contributed by atoms with E-state index in [0.717, 1.165) is 32.2 Å². The van der Waals surface area contributed by atoms with Crippen LogP contribution in [0.3, 0.4) is 0 Å². The third-order valence-electron chi connectivity index (χ3n) is 4.25. The van der Waals surface area contributed by atoms with Gasteiger partial charge in [-0.1, -0.05) is 40.5 Å². The van der Waals surface area contributed by atoms with E-state index in [-0.39, 0.29) is 12.2 Å². The van der Waals surface area contributed by atoms with Crippen LogP contribution in [0, 0.1) is 5.92 Å². The summed E-state index contributed by atoms with van der Waals surface area (Å²) < 4.78 is 0. The van der Waals surface area contributed by atoms with Gasteiger partial charge in [-0.3, -0.25) is 10.1 Å². The Hall–Kier alpha value is -0.220. The van der Waals surface area contributed by atoms with E-state index in [0.29, 0.717) is 17.1 Å². The molecule has 1 N–H and O–H groups in total. The molecule has 0 radical (unpaired) electrons. The van der Waals surface area contributed by atoms with Crippen molar-refractivity contribution in [1.82, 2.24) is 10.2 Å². The number of nitrogens with zero attached hydrogens (tertiary/aromatic N) is 1. The minimum atomic E-state index is 0.0335. The minimum Gasteiger partial charge on any atom is -0.326 e. The molecule has 0 bridgehead atoms. The summed E-state index contributed by atoms with van der Waals surface area (Å²) >= 11 is 1.88. The quantitative estimate of drug-likeness (QED) is 0.744. The van der Waals surface area contributed by atoms with Gasteiger partial charge in [0.05, 0.1) is 12.2 Å². The van der Waals surface area contributed by atoms with Crippen molar-refractivity contribution in [2.75, 3.05) is 12.8 Å². The Morgan fingerprint density at radius 2 is 2.05 bits per heavy atom. The van der Waals surface area contributed by atoms with E-state index in [1.54, 1.807) is 0 Å². The van der Waals surface area contributed by atoms with Gasteiger partial charge in [0.2, 0.25) is 5.91 Å². The van der Waals surface area contributed by atoms with Gasteiger partial charge in [-0.25, -0.2) is 0 Å². The Morgan fingerprint density at radius 1 is 1.37 bits per heavy atom. The van der Waals surface area contributed by atoms with E-state index in [2.05, 4.69) is 44.2 Å². The molecule has 3 nitrogen and oxygen atoms in total. The summed E-state index contributed by atoms with van der Waals surface area (Å²) in [5.41, 5.74) is 0. The highest BCUT2D eigenvalue weighted by molar-refractivity contribution is 7.99. The molecule has 4 unspecified atom stereocenters. The summed E-state index contributed by atoms with van der Waals surface area (Å²) in [6, 6.07) is 0.0335. The van der Waals surface area contributed by atoms with E-state index in [9.17, 15) is 4.79 Å². The predicted molar refractivity (Wildman–Crippen MR) is 84.4 cm³/mol. The molecule has 0 spiro atoms. The van der Waals surface area contributed by atoms with Crippen molar-refractivity contribution in [2.24, 2.45) is 5.92 Å². The highest BCUT2D eigenvalue weighted by Gasteiger charge is 2.40. The van der Waals surface area contributed by atoms with Crippen LogP contribution in [0.4, 0.5) is 0 Å². The molecule has 1 aliphatic rings. The number of carbonyl (C=O) groups is 1. The maximum Gasteiger partial charge on any atom is 0.241 e. The lowest BCUT2D eigenvalue weighted by Crippen LogP contribution is -2.38. The van der Waals surface area contributed by atoms with Gasteiger partial charge in [0, 0.05) is 11.8 Å². The Labute approximate surface area is 122 Å². The molecule has 1 amide bonds. The number of carbonyl (C=O) groups excluding carboxylic acids is 1. The molecule has 4 heteroatoms. The molecule has 0 saturated carbocycles. The van der Waals surface area contributed by atoms with Gasteiger partial charge in [0.15, 0.2) is 0 Å². The zero-order chi connectivity index (χ0) is 14.4. The van der Waals surface area contributed by atoms with Crippen LogP contribution in [-0.2, 0) is 4.79 Å². The van der Waals surface area contributed by atoms with E-state index in [4.69, 9.17) is 0 Å². The number of hydrogen-bond acceptors (Lipinski definition) is 3. The van der Waals surface area contributed by atoms with Crippen molar-refractivity contribution in [3.8, 4) is 0 Å². The zero-order valence-corrected chi connectivity index (χ0v) is 13.9. The Balaban J connectivity index is 2.66. The normalized spacial score (nSPS) is 26.8. The molecule has 1 heterocycles. The van der Waals surface area contributed by atoms with E-state index >= 15 is 0 Å². The second-order valence-corrected chi connectivity index (χ2v) is 6.98. The van der Waals surface area contributed by atoms with Crippen LogP contribution < -0.4 is 5.32 Å². The van der Waals surface area contributed by atoms with Gasteiger partial charge in [0.25, 0.3) is 0 Å². The smallest absolute Gasteiger partial charge is 0.241 e. The summed E-state index contributed by atoms with van der Waals surface area (Å²) in [7, 11) is 0. The lowest BCUT2D eigenvalue weighted by molar-refractivity contribution is -0.131. The molecule has 1 fully saturated rings. The first-order chi connectivity index (χ1) is 9.04. The molecule has 19 heavy (non-hydrogen) atoms. The lowest BCUT2D eigenvalue weighted by atomic mass is 9.99. The largest absolute Gasteiger partial charge is 0.326 e. The molecular formula is C15H30N2OS. The van der Waals surface area contributed by atoms with E-state index in [1.165, 1.54) is 0 Å². The fourth-order valence-electron chi connectivity index (χ4n) is 2.56. The summed E-state index contributed by atoms with van der Waals surface area (Å²) in [5, 5.41) is 4.18. The van der Waals surface area contributed by atoms with Crippen LogP contribution in [0.2, 0.25) is 0 Å². The van der Waals surface area contributed by atoms with E-state index in [1.807, 2.05) is 11.8 Å². The molecule has 112 valence electrons. The van der Waals surface area contributed by atoms with Gasteiger partial charge in [-0.15, -0.1) is 0 Å². The Kier molecular flexibility index (Phi) is 7.22. The average molecular weight is 286 g/mol. The maximum atomic E-state index is 12.5. The lowest BCUT2D eigenvalue weighted by Gasteiger charge is -2.25. The van der Waals surface area contributed by atoms with Crippen LogP contribution >= 0.6 is 11.8 Å². The standard InChI is InChI=1S/C15H30N2OS/c1-6-8-13-16-14(11(3)7-2)15(18)17(13)10-9-12(4)19-5/h11-14,16H,6-10H2,1-5H3. The zero-order valence-electron chi connectivity index (χ0n) is 13.1. The van der Waals surface area contributed by atoms with Crippen molar-refractivity contribution in [3.63, 3.8) is 0 Å². The Bertz CT molecular complexity index is 285. The van der Waals surface area contributed by atoms with Crippen molar-refractivity contribution in [2.45, 2.75) is 70.8 Å². The monoisotopic (exact) mass is 286 g/mol. The number of nitrogens with one attached hydrogen (secondary N) is 1. The van der Waals surface area contributed by atoms with Gasteiger partial charge >= 0.3 is 0 Å². The molecule has 4 atom stereocenters. The number of amides is 1. The average Bonchev–Trinajstić information content (AvgIpc) is 2.72. The molecule has 0 aromatic rings. The third kappa shape index (κ3) is 4.38. The van der Waals surface area contributed by atoms with Crippen LogP contribution in [0.5, 0.6) is 0 Å². The van der Waals surface area contributed by atoms with Gasteiger partial charge in [-0.05, 0) is 25.0 Å². The molecule has 0 aromatic carbocycles. The minimum absolute atomic E-state index is 0.0335. The first-order valence-corrected chi connectivity index (χ1v) is 8.93. The van der Waals surface area contributed by atoms with Gasteiger partial charge < -0.3 is 4.90 Å². The first-order valence-electron chi connectivity index (χ1n) is 7.64. The number of hydrogen-bond donors (Lipinski definition) is 1. The molecular weight excluding hydrogens is 256 g/mol. The summed E-state index contributed by atoms with van der Waals surface area (Å²) in [6.07, 6.45) is 6.71. The van der Waals surface area contributed by atoms with Crippen LogP contribution in [0.1, 0.15) is 53.4 Å². The summed E-state index contributed by atoms with van der Waals surface area (Å²) in [4.78, 5) is 14.6.